The van der Waals surface area contributed by atoms with E-state index in [-0.39, 0.29) is 29.0 Å². The number of amides is 1. The van der Waals surface area contributed by atoms with E-state index in [9.17, 15) is 18.0 Å². The van der Waals surface area contributed by atoms with Gasteiger partial charge in [-0.15, -0.1) is 0 Å². The summed E-state index contributed by atoms with van der Waals surface area (Å²) in [5, 5.41) is 2.93. The third-order valence-electron chi connectivity index (χ3n) is 5.04. The normalized spacial score (nSPS) is 23.3. The van der Waals surface area contributed by atoms with Gasteiger partial charge in [-0.2, -0.15) is 0 Å². The molecule has 2 N–H and O–H groups in total. The minimum Gasteiger partial charge on any atom is -0.452 e. The predicted octanol–water partition coefficient (Wildman–Crippen LogP) is 1.69. The molecule has 0 aromatic heterocycles. The molecule has 1 saturated carbocycles. The number of rotatable bonds is 6. The Morgan fingerprint density at radius 1 is 1.23 bits per heavy atom. The van der Waals surface area contributed by atoms with Gasteiger partial charge in [0.1, 0.15) is 0 Å². The van der Waals surface area contributed by atoms with Crippen molar-refractivity contribution in [2.24, 2.45) is 11.8 Å². The van der Waals surface area contributed by atoms with E-state index in [0.717, 1.165) is 19.3 Å². The molecule has 0 saturated heterocycles. The number of carbonyl (C=O) groups excluding carboxylic acids is 2. The quantitative estimate of drug-likeness (QED) is 0.729. The molecule has 2 rings (SSSR count). The monoisotopic (exact) mass is 382 g/mol. The van der Waals surface area contributed by atoms with Crippen molar-refractivity contribution in [3.63, 3.8) is 0 Å². The lowest BCUT2D eigenvalue weighted by Crippen LogP contribution is -2.45. The Bertz CT molecular complexity index is 763. The number of hydrogen-bond acceptors (Lipinski definition) is 5. The Hall–Kier alpha value is -1.93. The molecule has 1 fully saturated rings. The number of esters is 1. The number of benzene rings is 1. The number of nitrogens with one attached hydrogen (secondary N) is 2. The molecule has 1 aromatic carbocycles. The Kier molecular flexibility index (Phi) is 6.77. The summed E-state index contributed by atoms with van der Waals surface area (Å²) in [5.41, 5.74) is 0.0776. The molecule has 7 nitrogen and oxygen atoms in total. The zero-order valence-electron chi connectivity index (χ0n) is 15.3. The highest BCUT2D eigenvalue weighted by molar-refractivity contribution is 7.89. The van der Waals surface area contributed by atoms with E-state index in [1.165, 1.54) is 31.3 Å². The van der Waals surface area contributed by atoms with Gasteiger partial charge in [-0.3, -0.25) is 4.79 Å². The fraction of sp³-hybridized carbons (Fsp3) is 0.556. The second kappa shape index (κ2) is 8.64. The first kappa shape index (κ1) is 20.4. The van der Waals surface area contributed by atoms with Crippen LogP contribution in [-0.4, -0.2) is 40.0 Å². The fourth-order valence-electron chi connectivity index (χ4n) is 3.16. The maximum absolute atomic E-state index is 12.1. The second-order valence-corrected chi connectivity index (χ2v) is 8.64. The van der Waals surface area contributed by atoms with Crippen LogP contribution in [0.3, 0.4) is 0 Å². The van der Waals surface area contributed by atoms with Gasteiger partial charge in [-0.05, 0) is 43.5 Å². The molecular weight excluding hydrogens is 356 g/mol. The van der Waals surface area contributed by atoms with Gasteiger partial charge in [0.2, 0.25) is 10.0 Å². The minimum absolute atomic E-state index is 0.0380. The van der Waals surface area contributed by atoms with Crippen molar-refractivity contribution in [2.45, 2.75) is 44.0 Å². The second-order valence-electron chi connectivity index (χ2n) is 6.75. The lowest BCUT2D eigenvalue weighted by molar-refractivity contribution is -0.125. The van der Waals surface area contributed by atoms with E-state index < -0.39 is 16.0 Å². The lowest BCUT2D eigenvalue weighted by Gasteiger charge is -2.34. The van der Waals surface area contributed by atoms with Gasteiger partial charge in [-0.25, -0.2) is 17.9 Å². The molecule has 0 aliphatic heterocycles. The van der Waals surface area contributed by atoms with Crippen LogP contribution < -0.4 is 10.0 Å². The molecule has 144 valence electrons. The van der Waals surface area contributed by atoms with Crippen molar-refractivity contribution in [2.75, 3.05) is 13.7 Å². The minimum atomic E-state index is -3.65. The Labute approximate surface area is 154 Å². The predicted molar refractivity (Wildman–Crippen MR) is 97.1 cm³/mol. The van der Waals surface area contributed by atoms with Gasteiger partial charge in [0.05, 0.1) is 10.5 Å². The molecule has 0 spiro atoms. The Morgan fingerprint density at radius 3 is 2.65 bits per heavy atom. The van der Waals surface area contributed by atoms with Crippen molar-refractivity contribution in [1.82, 2.24) is 10.0 Å². The third-order valence-corrected chi connectivity index (χ3v) is 6.45. The van der Waals surface area contributed by atoms with Crippen LogP contribution in [-0.2, 0) is 19.6 Å². The van der Waals surface area contributed by atoms with Crippen molar-refractivity contribution >= 4 is 21.9 Å². The van der Waals surface area contributed by atoms with E-state index in [1.807, 2.05) is 0 Å². The zero-order valence-corrected chi connectivity index (χ0v) is 16.1. The van der Waals surface area contributed by atoms with Crippen LogP contribution in [0.25, 0.3) is 0 Å². The summed E-state index contributed by atoms with van der Waals surface area (Å²) >= 11 is 0. The summed E-state index contributed by atoms with van der Waals surface area (Å²) in [6, 6.07) is 5.58. The summed E-state index contributed by atoms with van der Waals surface area (Å²) in [6.07, 6.45) is 3.16. The molecular formula is C18H26N2O5S. The van der Waals surface area contributed by atoms with Crippen LogP contribution in [0.4, 0.5) is 0 Å². The highest BCUT2D eigenvalue weighted by Crippen LogP contribution is 2.29. The number of carbonyl (C=O) groups is 2. The van der Waals surface area contributed by atoms with Crippen LogP contribution >= 0.6 is 0 Å². The van der Waals surface area contributed by atoms with Crippen molar-refractivity contribution in [1.29, 1.82) is 0 Å². The maximum atomic E-state index is 12.1. The fourth-order valence-corrected chi connectivity index (χ4v) is 3.93. The van der Waals surface area contributed by atoms with E-state index in [4.69, 9.17) is 4.74 Å². The standard InChI is InChI=1S/C18H26N2O5S/c1-12-6-4-9-16(13(12)2)20-17(21)11-25-18(22)14-7-5-8-15(10-14)26(23,24)19-3/h5,7-8,10,12-13,16,19H,4,6,9,11H2,1-3H3,(H,20,21)/t12-,13-,16+/m0/s1. The molecule has 26 heavy (non-hydrogen) atoms. The Balaban J connectivity index is 1.92. The van der Waals surface area contributed by atoms with E-state index >= 15 is 0 Å². The molecule has 1 aromatic rings. The van der Waals surface area contributed by atoms with Crippen molar-refractivity contribution in [3.8, 4) is 0 Å². The zero-order chi connectivity index (χ0) is 19.3. The molecule has 0 bridgehead atoms. The SMILES string of the molecule is CNS(=O)(=O)c1cccc(C(=O)OCC(=O)N[C@@H]2CCC[C@H](C)[C@@H]2C)c1. The first-order chi connectivity index (χ1) is 12.2. The average molecular weight is 382 g/mol. The lowest BCUT2D eigenvalue weighted by atomic mass is 9.78. The summed E-state index contributed by atoms with van der Waals surface area (Å²) in [6.45, 7) is 3.91. The molecule has 3 atom stereocenters. The molecule has 0 heterocycles. The smallest absolute Gasteiger partial charge is 0.338 e. The van der Waals surface area contributed by atoms with Crippen LogP contribution in [0, 0.1) is 11.8 Å². The highest BCUT2D eigenvalue weighted by Gasteiger charge is 2.28. The largest absolute Gasteiger partial charge is 0.452 e. The van der Waals surface area contributed by atoms with Crippen LogP contribution in [0.1, 0.15) is 43.5 Å². The molecule has 0 unspecified atom stereocenters. The number of hydrogen-bond donors (Lipinski definition) is 2. The van der Waals surface area contributed by atoms with Crippen LogP contribution in [0.2, 0.25) is 0 Å². The van der Waals surface area contributed by atoms with Crippen LogP contribution in [0.5, 0.6) is 0 Å². The third kappa shape index (κ3) is 5.04. The first-order valence-electron chi connectivity index (χ1n) is 8.74. The Morgan fingerprint density at radius 2 is 1.96 bits per heavy atom. The summed E-state index contributed by atoms with van der Waals surface area (Å²) in [7, 11) is -2.36. The van der Waals surface area contributed by atoms with Gasteiger partial charge in [-0.1, -0.05) is 32.8 Å². The maximum Gasteiger partial charge on any atom is 0.338 e. The van der Waals surface area contributed by atoms with Crippen LogP contribution in [0.15, 0.2) is 29.2 Å². The van der Waals surface area contributed by atoms with Gasteiger partial charge >= 0.3 is 5.97 Å². The van der Waals surface area contributed by atoms with E-state index in [2.05, 4.69) is 23.9 Å². The average Bonchev–Trinajstić information content (AvgIpc) is 2.63. The van der Waals surface area contributed by atoms with Gasteiger partial charge in [0.15, 0.2) is 6.61 Å². The van der Waals surface area contributed by atoms with Gasteiger partial charge in [0, 0.05) is 6.04 Å². The van der Waals surface area contributed by atoms with E-state index in [1.54, 1.807) is 0 Å². The molecule has 1 aliphatic carbocycles. The molecule has 0 radical (unpaired) electrons. The number of sulfonamides is 1. The molecule has 1 aliphatic rings. The summed E-state index contributed by atoms with van der Waals surface area (Å²) < 4.78 is 30.8. The molecule has 8 heteroatoms. The highest BCUT2D eigenvalue weighted by atomic mass is 32.2. The van der Waals surface area contributed by atoms with Gasteiger partial charge in [0.25, 0.3) is 5.91 Å². The van der Waals surface area contributed by atoms with E-state index in [0.29, 0.717) is 11.8 Å². The van der Waals surface area contributed by atoms with Crippen molar-refractivity contribution in [3.05, 3.63) is 29.8 Å². The topological polar surface area (TPSA) is 102 Å². The van der Waals surface area contributed by atoms with Crippen molar-refractivity contribution < 1.29 is 22.7 Å². The first-order valence-corrected chi connectivity index (χ1v) is 10.2. The molecule has 1 amide bonds. The van der Waals surface area contributed by atoms with Gasteiger partial charge < -0.3 is 10.1 Å². The summed E-state index contributed by atoms with van der Waals surface area (Å²) in [5.74, 6) is -0.151. The summed E-state index contributed by atoms with van der Waals surface area (Å²) in [4.78, 5) is 24.1. The number of ether oxygens (including phenoxy) is 1.